The van der Waals surface area contributed by atoms with Crippen LogP contribution in [-0.2, 0) is 7.05 Å². The molecule has 12 heavy (non-hydrogen) atoms. The minimum Gasteiger partial charge on any atom is -0.507 e. The highest BCUT2D eigenvalue weighted by Crippen LogP contribution is 2.11. The van der Waals surface area contributed by atoms with E-state index < -0.39 is 0 Å². The first-order chi connectivity index (χ1) is 5.57. The van der Waals surface area contributed by atoms with Crippen LogP contribution in [0.4, 0.5) is 0 Å². The molecule has 0 fully saturated rings. The summed E-state index contributed by atoms with van der Waals surface area (Å²) < 4.78 is 1.39. The zero-order valence-electron chi connectivity index (χ0n) is 6.96. The lowest BCUT2D eigenvalue weighted by atomic mass is 10.2. The van der Waals surface area contributed by atoms with Gasteiger partial charge < -0.3 is 15.1 Å². The highest BCUT2D eigenvalue weighted by molar-refractivity contribution is 5.80. The van der Waals surface area contributed by atoms with E-state index in [0.717, 1.165) is 6.21 Å². The molecule has 1 aromatic heterocycles. The quantitative estimate of drug-likeness (QED) is 0.593. The molecule has 4 heteroatoms. The maximum atomic E-state index is 11.3. The van der Waals surface area contributed by atoms with E-state index in [1.807, 2.05) is 0 Å². The fraction of sp³-hybridized carbons (Fsp3) is 0.250. The molecule has 0 aliphatic carbocycles. The van der Waals surface area contributed by atoms with Gasteiger partial charge in [0.1, 0.15) is 5.75 Å². The molecular formula is C8H10N2O2. The van der Waals surface area contributed by atoms with Crippen molar-refractivity contribution >= 4 is 6.21 Å². The molecule has 0 saturated heterocycles. The topological polar surface area (TPSA) is 66.1 Å². The van der Waals surface area contributed by atoms with Crippen molar-refractivity contribution in [2.45, 2.75) is 6.92 Å². The number of pyridine rings is 1. The lowest BCUT2D eigenvalue weighted by Gasteiger charge is -2.05. The molecule has 2 N–H and O–H groups in total. The number of nitrogens with zero attached hydrogens (tertiary/aromatic N) is 1. The maximum Gasteiger partial charge on any atom is 0.263 e. The summed E-state index contributed by atoms with van der Waals surface area (Å²) in [6, 6.07) is 1.46. The average Bonchev–Trinajstić information content (AvgIpc) is 2.01. The van der Waals surface area contributed by atoms with Gasteiger partial charge in [-0.2, -0.15) is 0 Å². The molecular weight excluding hydrogens is 156 g/mol. The molecule has 64 valence electrons. The highest BCUT2D eigenvalue weighted by atomic mass is 16.3. The predicted octanol–water partition coefficient (Wildman–Crippen LogP) is 0.397. The summed E-state index contributed by atoms with van der Waals surface area (Å²) in [5.74, 6) is -0.134. The summed E-state index contributed by atoms with van der Waals surface area (Å²) >= 11 is 0. The number of aromatic hydroxyl groups is 1. The Labute approximate surface area is 69.6 Å². The van der Waals surface area contributed by atoms with Crippen LogP contribution >= 0.6 is 0 Å². The van der Waals surface area contributed by atoms with E-state index in [9.17, 15) is 9.90 Å². The first-order valence-electron chi connectivity index (χ1n) is 3.48. The van der Waals surface area contributed by atoms with Crippen molar-refractivity contribution in [3.05, 3.63) is 27.7 Å². The van der Waals surface area contributed by atoms with Crippen LogP contribution in [0, 0.1) is 12.3 Å². The van der Waals surface area contributed by atoms with Crippen molar-refractivity contribution in [2.24, 2.45) is 7.05 Å². The van der Waals surface area contributed by atoms with Gasteiger partial charge in [-0.15, -0.1) is 0 Å². The Morgan fingerprint density at radius 3 is 2.75 bits per heavy atom. The SMILES string of the molecule is Cc1cc(O)c(C=N)c(=O)n1C. The first-order valence-corrected chi connectivity index (χ1v) is 3.48. The Kier molecular flexibility index (Phi) is 1.99. The highest BCUT2D eigenvalue weighted by Gasteiger charge is 2.06. The number of nitrogens with one attached hydrogen (secondary N) is 1. The van der Waals surface area contributed by atoms with Gasteiger partial charge in [-0.1, -0.05) is 0 Å². The summed E-state index contributed by atoms with van der Waals surface area (Å²) in [6.07, 6.45) is 0.858. The van der Waals surface area contributed by atoms with Gasteiger partial charge >= 0.3 is 0 Å². The monoisotopic (exact) mass is 166 g/mol. The zero-order chi connectivity index (χ0) is 9.30. The van der Waals surface area contributed by atoms with Gasteiger partial charge in [-0.25, -0.2) is 0 Å². The smallest absolute Gasteiger partial charge is 0.263 e. The van der Waals surface area contributed by atoms with Gasteiger partial charge in [0.05, 0.1) is 5.56 Å². The largest absolute Gasteiger partial charge is 0.507 e. The van der Waals surface area contributed by atoms with E-state index in [0.29, 0.717) is 5.69 Å². The summed E-state index contributed by atoms with van der Waals surface area (Å²) in [5, 5.41) is 16.1. The number of hydrogen-bond acceptors (Lipinski definition) is 3. The van der Waals surface area contributed by atoms with Crippen molar-refractivity contribution in [3.8, 4) is 5.75 Å². The van der Waals surface area contributed by atoms with Gasteiger partial charge in [0, 0.05) is 25.0 Å². The van der Waals surface area contributed by atoms with Crippen LogP contribution in [0.1, 0.15) is 11.3 Å². The fourth-order valence-corrected chi connectivity index (χ4v) is 0.959. The molecule has 1 heterocycles. The van der Waals surface area contributed by atoms with E-state index in [4.69, 9.17) is 5.41 Å². The molecule has 0 aliphatic heterocycles. The van der Waals surface area contributed by atoms with Crippen LogP contribution in [-0.4, -0.2) is 15.9 Å². The summed E-state index contributed by atoms with van der Waals surface area (Å²) in [7, 11) is 1.60. The van der Waals surface area contributed by atoms with Crippen LogP contribution in [0.15, 0.2) is 10.9 Å². The lowest BCUT2D eigenvalue weighted by Crippen LogP contribution is -2.22. The fourth-order valence-electron chi connectivity index (χ4n) is 0.959. The molecule has 1 rings (SSSR count). The molecule has 0 spiro atoms. The minimum atomic E-state index is -0.345. The normalized spacial score (nSPS) is 9.83. The van der Waals surface area contributed by atoms with Crippen LogP contribution in [0.3, 0.4) is 0 Å². The third-order valence-corrected chi connectivity index (χ3v) is 1.83. The molecule has 0 unspecified atom stereocenters. The minimum absolute atomic E-state index is 0.0306. The Hall–Kier alpha value is -1.58. The van der Waals surface area contributed by atoms with Crippen LogP contribution in [0.5, 0.6) is 5.75 Å². The maximum absolute atomic E-state index is 11.3. The van der Waals surface area contributed by atoms with E-state index in [2.05, 4.69) is 0 Å². The number of rotatable bonds is 1. The van der Waals surface area contributed by atoms with Crippen molar-refractivity contribution in [1.82, 2.24) is 4.57 Å². The summed E-state index contributed by atoms with van der Waals surface area (Å²) in [4.78, 5) is 11.3. The molecule has 0 aromatic carbocycles. The van der Waals surface area contributed by atoms with E-state index in [-0.39, 0.29) is 16.9 Å². The molecule has 1 aromatic rings. The Bertz CT molecular complexity index is 379. The van der Waals surface area contributed by atoms with E-state index >= 15 is 0 Å². The average molecular weight is 166 g/mol. The number of aryl methyl sites for hydroxylation is 1. The summed E-state index contributed by atoms with van der Waals surface area (Å²) in [6.45, 7) is 1.72. The van der Waals surface area contributed by atoms with Gasteiger partial charge in [0.25, 0.3) is 5.56 Å². The van der Waals surface area contributed by atoms with Gasteiger partial charge in [0.2, 0.25) is 0 Å². The molecule has 0 aliphatic rings. The second-order valence-electron chi connectivity index (χ2n) is 2.59. The number of aromatic nitrogens is 1. The second kappa shape index (κ2) is 2.81. The molecule has 0 atom stereocenters. The van der Waals surface area contributed by atoms with Crippen LogP contribution < -0.4 is 5.56 Å². The van der Waals surface area contributed by atoms with Crippen molar-refractivity contribution < 1.29 is 5.11 Å². The third kappa shape index (κ3) is 1.11. The van der Waals surface area contributed by atoms with Crippen LogP contribution in [0.2, 0.25) is 0 Å². The first kappa shape index (κ1) is 8.52. The van der Waals surface area contributed by atoms with Crippen molar-refractivity contribution in [2.75, 3.05) is 0 Å². The third-order valence-electron chi connectivity index (χ3n) is 1.83. The van der Waals surface area contributed by atoms with E-state index in [1.165, 1.54) is 10.6 Å². The van der Waals surface area contributed by atoms with Crippen molar-refractivity contribution in [1.29, 1.82) is 5.41 Å². The van der Waals surface area contributed by atoms with Gasteiger partial charge in [-0.05, 0) is 6.92 Å². The lowest BCUT2D eigenvalue weighted by molar-refractivity contribution is 0.470. The molecule has 0 amide bonds. The Morgan fingerprint density at radius 2 is 2.25 bits per heavy atom. The number of hydrogen-bond donors (Lipinski definition) is 2. The predicted molar refractivity (Wildman–Crippen MR) is 46.0 cm³/mol. The van der Waals surface area contributed by atoms with E-state index in [1.54, 1.807) is 14.0 Å². The van der Waals surface area contributed by atoms with Gasteiger partial charge in [-0.3, -0.25) is 4.79 Å². The summed E-state index contributed by atoms with van der Waals surface area (Å²) in [5.41, 5.74) is 0.355. The molecule has 0 saturated carbocycles. The van der Waals surface area contributed by atoms with Gasteiger partial charge in [0.15, 0.2) is 0 Å². The standard InChI is InChI=1S/C8H10N2O2/c1-5-3-7(11)6(4-9)8(12)10(5)2/h3-4,9,11H,1-2H3. The Balaban J connectivity index is 3.63. The zero-order valence-corrected chi connectivity index (χ0v) is 6.96. The van der Waals surface area contributed by atoms with Crippen molar-refractivity contribution in [3.63, 3.8) is 0 Å². The Morgan fingerprint density at radius 1 is 1.67 bits per heavy atom. The molecule has 0 radical (unpaired) electrons. The van der Waals surface area contributed by atoms with Crippen LogP contribution in [0.25, 0.3) is 0 Å². The molecule has 0 bridgehead atoms. The second-order valence-corrected chi connectivity index (χ2v) is 2.59. The molecule has 4 nitrogen and oxygen atoms in total.